The lowest BCUT2D eigenvalue weighted by atomic mass is 9.92. The number of rotatable bonds is 1. The standard InChI is InChI=1S/C14H18N2O3/c1-8-5-15-6-13(16(8)18)10-3-4-11-12(9(10)2)7-19-14(11)17/h3-4,8,13,15,18H,5-7H2,1-2H3/t8-,13-/m0/s1. The van der Waals surface area contributed by atoms with E-state index < -0.39 is 0 Å². The van der Waals surface area contributed by atoms with E-state index in [-0.39, 0.29) is 18.1 Å². The van der Waals surface area contributed by atoms with Crippen LogP contribution in [0.1, 0.15) is 40.0 Å². The number of hydroxylamine groups is 2. The molecule has 19 heavy (non-hydrogen) atoms. The van der Waals surface area contributed by atoms with Crippen molar-refractivity contribution in [3.8, 4) is 0 Å². The second-order valence-corrected chi connectivity index (χ2v) is 5.29. The molecule has 0 radical (unpaired) electrons. The number of piperazine rings is 1. The third-order valence-electron chi connectivity index (χ3n) is 4.12. The number of hydrogen-bond donors (Lipinski definition) is 2. The molecule has 2 atom stereocenters. The third-order valence-corrected chi connectivity index (χ3v) is 4.12. The highest BCUT2D eigenvalue weighted by Gasteiger charge is 2.31. The van der Waals surface area contributed by atoms with Crippen LogP contribution in [0.15, 0.2) is 12.1 Å². The Bertz CT molecular complexity index is 530. The van der Waals surface area contributed by atoms with Crippen molar-refractivity contribution < 1.29 is 14.7 Å². The SMILES string of the molecule is Cc1c([C@@H]2CNC[C@H](C)N2O)ccc2c1COC2=O. The average Bonchev–Trinajstić information content (AvgIpc) is 2.77. The van der Waals surface area contributed by atoms with Crippen LogP contribution >= 0.6 is 0 Å². The van der Waals surface area contributed by atoms with Gasteiger partial charge in [0.05, 0.1) is 11.6 Å². The number of carbonyl (C=O) groups is 1. The average molecular weight is 262 g/mol. The molecule has 0 saturated carbocycles. The van der Waals surface area contributed by atoms with Crippen LogP contribution in [0.2, 0.25) is 0 Å². The van der Waals surface area contributed by atoms with E-state index in [2.05, 4.69) is 5.32 Å². The minimum Gasteiger partial charge on any atom is -0.457 e. The van der Waals surface area contributed by atoms with Crippen LogP contribution in [0.4, 0.5) is 0 Å². The smallest absolute Gasteiger partial charge is 0.338 e. The highest BCUT2D eigenvalue weighted by molar-refractivity contribution is 5.93. The van der Waals surface area contributed by atoms with Gasteiger partial charge >= 0.3 is 5.97 Å². The van der Waals surface area contributed by atoms with Gasteiger partial charge in [0.1, 0.15) is 6.61 Å². The van der Waals surface area contributed by atoms with Crippen molar-refractivity contribution in [2.45, 2.75) is 32.5 Å². The number of cyclic esters (lactones) is 1. The molecule has 2 heterocycles. The number of ether oxygens (including phenoxy) is 1. The summed E-state index contributed by atoms with van der Waals surface area (Å²) in [5.41, 5.74) is 3.71. The van der Waals surface area contributed by atoms with E-state index >= 15 is 0 Å². The number of esters is 1. The normalized spacial score (nSPS) is 27.2. The van der Waals surface area contributed by atoms with Crippen LogP contribution in [-0.4, -0.2) is 35.4 Å². The number of nitrogens with zero attached hydrogens (tertiary/aromatic N) is 1. The largest absolute Gasteiger partial charge is 0.457 e. The van der Waals surface area contributed by atoms with Gasteiger partial charge in [-0.15, -0.1) is 0 Å². The second-order valence-electron chi connectivity index (χ2n) is 5.29. The molecule has 2 aliphatic heterocycles. The molecule has 2 aliphatic rings. The molecule has 1 fully saturated rings. The van der Waals surface area contributed by atoms with Crippen molar-refractivity contribution in [3.05, 3.63) is 34.4 Å². The second kappa shape index (κ2) is 4.59. The summed E-state index contributed by atoms with van der Waals surface area (Å²) in [7, 11) is 0. The lowest BCUT2D eigenvalue weighted by Gasteiger charge is -2.37. The molecule has 1 aromatic carbocycles. The Balaban J connectivity index is 2.00. The zero-order valence-electron chi connectivity index (χ0n) is 11.1. The molecular weight excluding hydrogens is 244 g/mol. The van der Waals surface area contributed by atoms with Crippen LogP contribution in [-0.2, 0) is 11.3 Å². The monoisotopic (exact) mass is 262 g/mol. The molecule has 0 bridgehead atoms. The van der Waals surface area contributed by atoms with Gasteiger partial charge in [-0.25, -0.2) is 4.79 Å². The molecule has 0 spiro atoms. The van der Waals surface area contributed by atoms with E-state index in [1.54, 1.807) is 6.07 Å². The molecule has 0 aromatic heterocycles. The molecule has 0 unspecified atom stereocenters. The van der Waals surface area contributed by atoms with Gasteiger partial charge in [-0.3, -0.25) is 0 Å². The Hall–Kier alpha value is -1.43. The fourth-order valence-electron chi connectivity index (χ4n) is 2.90. The Morgan fingerprint density at radius 1 is 1.42 bits per heavy atom. The number of benzene rings is 1. The quantitative estimate of drug-likeness (QED) is 0.749. The van der Waals surface area contributed by atoms with Crippen LogP contribution in [0.5, 0.6) is 0 Å². The first-order valence-corrected chi connectivity index (χ1v) is 6.57. The Morgan fingerprint density at radius 2 is 2.21 bits per heavy atom. The van der Waals surface area contributed by atoms with Crippen LogP contribution in [0, 0.1) is 6.92 Å². The third kappa shape index (κ3) is 1.94. The summed E-state index contributed by atoms with van der Waals surface area (Å²) in [5.74, 6) is -0.249. The van der Waals surface area contributed by atoms with Crippen LogP contribution in [0.3, 0.4) is 0 Å². The number of hydrogen-bond acceptors (Lipinski definition) is 5. The topological polar surface area (TPSA) is 61.8 Å². The van der Waals surface area contributed by atoms with Crippen molar-refractivity contribution in [3.63, 3.8) is 0 Å². The van der Waals surface area contributed by atoms with Gasteiger partial charge in [0.25, 0.3) is 0 Å². The van der Waals surface area contributed by atoms with E-state index in [0.29, 0.717) is 18.7 Å². The molecule has 5 nitrogen and oxygen atoms in total. The maximum atomic E-state index is 11.5. The molecule has 5 heteroatoms. The number of nitrogens with one attached hydrogen (secondary N) is 1. The van der Waals surface area contributed by atoms with Gasteiger partial charge in [-0.1, -0.05) is 6.07 Å². The maximum absolute atomic E-state index is 11.5. The van der Waals surface area contributed by atoms with Crippen LogP contribution in [0.25, 0.3) is 0 Å². The summed E-state index contributed by atoms with van der Waals surface area (Å²) < 4.78 is 5.06. The van der Waals surface area contributed by atoms with Gasteiger partial charge in [0, 0.05) is 24.7 Å². The maximum Gasteiger partial charge on any atom is 0.338 e. The van der Waals surface area contributed by atoms with Gasteiger partial charge in [0.15, 0.2) is 0 Å². The van der Waals surface area contributed by atoms with Gasteiger partial charge in [-0.05, 0) is 31.0 Å². The molecule has 3 rings (SSSR count). The lowest BCUT2D eigenvalue weighted by Crippen LogP contribution is -2.50. The van der Waals surface area contributed by atoms with E-state index in [1.165, 1.54) is 5.06 Å². The fraction of sp³-hybridized carbons (Fsp3) is 0.500. The summed E-state index contributed by atoms with van der Waals surface area (Å²) in [6.07, 6.45) is 0. The van der Waals surface area contributed by atoms with Crippen molar-refractivity contribution in [1.29, 1.82) is 0 Å². The fourth-order valence-corrected chi connectivity index (χ4v) is 2.90. The number of carbonyl (C=O) groups excluding carboxylic acids is 1. The zero-order valence-corrected chi connectivity index (χ0v) is 11.1. The molecule has 0 aliphatic carbocycles. The van der Waals surface area contributed by atoms with E-state index in [0.717, 1.165) is 23.2 Å². The van der Waals surface area contributed by atoms with Crippen molar-refractivity contribution in [1.82, 2.24) is 10.4 Å². The summed E-state index contributed by atoms with van der Waals surface area (Å²) in [4.78, 5) is 11.5. The molecular formula is C14H18N2O3. The van der Waals surface area contributed by atoms with E-state index in [4.69, 9.17) is 4.74 Å². The zero-order chi connectivity index (χ0) is 13.6. The van der Waals surface area contributed by atoms with Gasteiger partial charge in [0.2, 0.25) is 0 Å². The highest BCUT2D eigenvalue weighted by atomic mass is 16.5. The van der Waals surface area contributed by atoms with Crippen molar-refractivity contribution in [2.75, 3.05) is 13.1 Å². The minimum atomic E-state index is -0.249. The summed E-state index contributed by atoms with van der Waals surface area (Å²) in [6.45, 7) is 5.79. The molecule has 2 N–H and O–H groups in total. The molecule has 1 saturated heterocycles. The van der Waals surface area contributed by atoms with Gasteiger partial charge in [-0.2, -0.15) is 5.06 Å². The van der Waals surface area contributed by atoms with Gasteiger partial charge < -0.3 is 15.3 Å². The van der Waals surface area contributed by atoms with E-state index in [1.807, 2.05) is 19.9 Å². The van der Waals surface area contributed by atoms with Crippen molar-refractivity contribution >= 4 is 5.97 Å². The van der Waals surface area contributed by atoms with Crippen molar-refractivity contribution in [2.24, 2.45) is 0 Å². The minimum absolute atomic E-state index is 0.0734. The summed E-state index contributed by atoms with van der Waals surface area (Å²) >= 11 is 0. The Kier molecular flexibility index (Phi) is 3.05. The van der Waals surface area contributed by atoms with Crippen LogP contribution < -0.4 is 5.32 Å². The summed E-state index contributed by atoms with van der Waals surface area (Å²) in [6, 6.07) is 3.73. The number of fused-ring (bicyclic) bond motifs is 1. The Labute approximate surface area is 112 Å². The lowest BCUT2D eigenvalue weighted by molar-refractivity contribution is -0.168. The molecule has 102 valence electrons. The Morgan fingerprint density at radius 3 is 3.00 bits per heavy atom. The summed E-state index contributed by atoms with van der Waals surface area (Å²) in [5, 5.41) is 14.9. The predicted octanol–water partition coefficient (Wildman–Crippen LogP) is 1.39. The first kappa shape index (κ1) is 12.6. The highest BCUT2D eigenvalue weighted by Crippen LogP contribution is 2.32. The predicted molar refractivity (Wildman–Crippen MR) is 69.0 cm³/mol. The molecule has 0 amide bonds. The molecule has 1 aromatic rings. The first-order chi connectivity index (χ1) is 9.09. The van der Waals surface area contributed by atoms with E-state index in [9.17, 15) is 10.0 Å². The first-order valence-electron chi connectivity index (χ1n) is 6.57.